The van der Waals surface area contributed by atoms with Gasteiger partial charge in [0.1, 0.15) is 5.52 Å². The zero-order valence-electron chi connectivity index (χ0n) is 19.0. The van der Waals surface area contributed by atoms with E-state index in [9.17, 15) is 19.7 Å². The Morgan fingerprint density at radius 3 is 2.57 bits per heavy atom. The average Bonchev–Trinajstić information content (AvgIpc) is 3.19. The van der Waals surface area contributed by atoms with Gasteiger partial charge >= 0.3 is 5.97 Å². The summed E-state index contributed by atoms with van der Waals surface area (Å²) in [7, 11) is 0. The predicted molar refractivity (Wildman–Crippen MR) is 131 cm³/mol. The SMILES string of the molecule is CC[C@@H](OC(=O)CSc1nnc2c3ccccc3n(CC)c2n1)C(=O)Nc1ccc([N+](=O)[O-])cc1. The highest BCUT2D eigenvalue weighted by Crippen LogP contribution is 2.27. The maximum atomic E-state index is 12.5. The summed E-state index contributed by atoms with van der Waals surface area (Å²) < 4.78 is 7.38. The van der Waals surface area contributed by atoms with Gasteiger partial charge in [-0.2, -0.15) is 0 Å². The van der Waals surface area contributed by atoms with Crippen LogP contribution in [-0.4, -0.2) is 48.4 Å². The molecule has 0 aliphatic rings. The van der Waals surface area contributed by atoms with Crippen LogP contribution in [0.5, 0.6) is 0 Å². The molecule has 0 saturated carbocycles. The maximum Gasteiger partial charge on any atom is 0.317 e. The number of para-hydroxylation sites is 1. The number of nitrogens with zero attached hydrogens (tertiary/aromatic N) is 5. The van der Waals surface area contributed by atoms with Gasteiger partial charge in [-0.25, -0.2) is 4.98 Å². The lowest BCUT2D eigenvalue weighted by molar-refractivity contribution is -0.384. The normalized spacial score (nSPS) is 11.9. The number of hydrogen-bond acceptors (Lipinski definition) is 9. The summed E-state index contributed by atoms with van der Waals surface area (Å²) in [6.07, 6.45) is -0.752. The van der Waals surface area contributed by atoms with E-state index in [-0.39, 0.29) is 17.9 Å². The zero-order chi connectivity index (χ0) is 24.9. The van der Waals surface area contributed by atoms with Crippen LogP contribution in [0.1, 0.15) is 20.3 Å². The predicted octanol–water partition coefficient (Wildman–Crippen LogP) is 3.96. The third kappa shape index (κ3) is 5.22. The molecule has 0 radical (unpaired) electrons. The highest BCUT2D eigenvalue weighted by Gasteiger charge is 2.22. The van der Waals surface area contributed by atoms with Crippen molar-refractivity contribution in [2.24, 2.45) is 0 Å². The fourth-order valence-electron chi connectivity index (χ4n) is 3.60. The molecular weight excluding hydrogens is 472 g/mol. The van der Waals surface area contributed by atoms with Crippen molar-refractivity contribution >= 4 is 57.1 Å². The summed E-state index contributed by atoms with van der Waals surface area (Å²) in [5.74, 6) is -1.21. The van der Waals surface area contributed by atoms with Crippen LogP contribution >= 0.6 is 11.8 Å². The minimum atomic E-state index is -1.01. The van der Waals surface area contributed by atoms with E-state index in [0.29, 0.717) is 28.6 Å². The minimum absolute atomic E-state index is 0.0901. The molecule has 1 N–H and O–H groups in total. The maximum absolute atomic E-state index is 12.5. The second-order valence-corrected chi connectivity index (χ2v) is 8.44. The van der Waals surface area contributed by atoms with E-state index < -0.39 is 22.9 Å². The number of carbonyl (C=O) groups excluding carboxylic acids is 2. The number of non-ortho nitro benzene ring substituents is 1. The first kappa shape index (κ1) is 24.1. The first-order valence-electron chi connectivity index (χ1n) is 10.9. The Labute approximate surface area is 204 Å². The number of esters is 1. The number of carbonyl (C=O) groups is 2. The molecule has 4 rings (SSSR count). The third-order valence-electron chi connectivity index (χ3n) is 5.27. The number of nitro benzene ring substituents is 1. The van der Waals surface area contributed by atoms with Crippen molar-refractivity contribution in [1.82, 2.24) is 19.7 Å². The Balaban J connectivity index is 1.38. The molecule has 0 unspecified atom stereocenters. The van der Waals surface area contributed by atoms with Crippen LogP contribution in [0.4, 0.5) is 11.4 Å². The lowest BCUT2D eigenvalue weighted by Gasteiger charge is -2.15. The number of aryl methyl sites for hydroxylation is 1. The largest absolute Gasteiger partial charge is 0.452 e. The van der Waals surface area contributed by atoms with Crippen LogP contribution < -0.4 is 5.32 Å². The van der Waals surface area contributed by atoms with Gasteiger partial charge in [0, 0.05) is 29.8 Å². The van der Waals surface area contributed by atoms with Gasteiger partial charge in [0.25, 0.3) is 11.6 Å². The molecule has 0 bridgehead atoms. The first-order valence-corrected chi connectivity index (χ1v) is 11.9. The Kier molecular flexibility index (Phi) is 7.20. The van der Waals surface area contributed by atoms with Crippen molar-refractivity contribution in [1.29, 1.82) is 0 Å². The minimum Gasteiger partial charge on any atom is -0.452 e. The number of aromatic nitrogens is 4. The van der Waals surface area contributed by atoms with Crippen molar-refractivity contribution in [3.63, 3.8) is 0 Å². The molecule has 2 aromatic carbocycles. The second kappa shape index (κ2) is 10.5. The average molecular weight is 495 g/mol. The van der Waals surface area contributed by atoms with Crippen LogP contribution in [-0.2, 0) is 20.9 Å². The van der Waals surface area contributed by atoms with Crippen LogP contribution in [0.2, 0.25) is 0 Å². The van der Waals surface area contributed by atoms with E-state index in [4.69, 9.17) is 4.74 Å². The van der Waals surface area contributed by atoms with E-state index in [1.54, 1.807) is 6.92 Å². The summed E-state index contributed by atoms with van der Waals surface area (Å²) in [5.41, 5.74) is 2.67. The van der Waals surface area contributed by atoms with Crippen molar-refractivity contribution in [3.8, 4) is 0 Å². The highest BCUT2D eigenvalue weighted by atomic mass is 32.2. The molecule has 11 nitrogen and oxygen atoms in total. The summed E-state index contributed by atoms with van der Waals surface area (Å²) >= 11 is 1.08. The van der Waals surface area contributed by atoms with Gasteiger partial charge in [-0.1, -0.05) is 36.9 Å². The Hall–Kier alpha value is -4.06. The summed E-state index contributed by atoms with van der Waals surface area (Å²) in [6, 6.07) is 13.2. The smallest absolute Gasteiger partial charge is 0.317 e. The molecule has 0 aliphatic carbocycles. The van der Waals surface area contributed by atoms with Gasteiger partial charge in [0.15, 0.2) is 11.8 Å². The molecular formula is C23H22N6O5S. The molecule has 12 heteroatoms. The molecule has 180 valence electrons. The highest BCUT2D eigenvalue weighted by molar-refractivity contribution is 7.99. The molecule has 1 atom stereocenters. The van der Waals surface area contributed by atoms with Gasteiger partial charge in [-0.3, -0.25) is 19.7 Å². The number of amides is 1. The van der Waals surface area contributed by atoms with E-state index >= 15 is 0 Å². The van der Waals surface area contributed by atoms with Crippen LogP contribution in [0.25, 0.3) is 22.1 Å². The number of ether oxygens (including phenoxy) is 1. The monoisotopic (exact) mass is 494 g/mol. The molecule has 1 amide bonds. The molecule has 2 aromatic heterocycles. The van der Waals surface area contributed by atoms with E-state index in [1.165, 1.54) is 24.3 Å². The van der Waals surface area contributed by atoms with Crippen molar-refractivity contribution in [2.45, 2.75) is 38.1 Å². The Morgan fingerprint density at radius 2 is 1.89 bits per heavy atom. The molecule has 0 aliphatic heterocycles. The molecule has 0 saturated heterocycles. The van der Waals surface area contributed by atoms with E-state index in [0.717, 1.165) is 22.7 Å². The van der Waals surface area contributed by atoms with Gasteiger partial charge in [-0.05, 0) is 31.5 Å². The lowest BCUT2D eigenvalue weighted by Crippen LogP contribution is -2.32. The van der Waals surface area contributed by atoms with E-state index in [2.05, 4.69) is 20.5 Å². The number of nitrogens with one attached hydrogen (secondary N) is 1. The van der Waals surface area contributed by atoms with Gasteiger partial charge in [0.05, 0.1) is 16.2 Å². The molecule has 35 heavy (non-hydrogen) atoms. The van der Waals surface area contributed by atoms with Crippen molar-refractivity contribution in [2.75, 3.05) is 11.1 Å². The van der Waals surface area contributed by atoms with Gasteiger partial charge in [-0.15, -0.1) is 10.2 Å². The number of hydrogen-bond donors (Lipinski definition) is 1. The Morgan fingerprint density at radius 1 is 1.14 bits per heavy atom. The number of rotatable bonds is 9. The molecule has 0 fully saturated rings. The number of nitro groups is 1. The summed E-state index contributed by atoms with van der Waals surface area (Å²) in [4.78, 5) is 39.7. The fourth-order valence-corrected chi connectivity index (χ4v) is 4.16. The zero-order valence-corrected chi connectivity index (χ0v) is 19.8. The van der Waals surface area contributed by atoms with Crippen LogP contribution in [0, 0.1) is 10.1 Å². The standard InChI is InChI=1S/C23H22N6O5S/c1-3-18(22(31)24-14-9-11-15(12-10-14)29(32)33)34-19(30)13-35-23-25-21-20(26-27-23)16-7-5-6-8-17(16)28(21)4-2/h5-12,18H,3-4,13H2,1-2H3,(H,24,31)/t18-/m1/s1. The molecule has 2 heterocycles. The first-order chi connectivity index (χ1) is 16.9. The van der Waals surface area contributed by atoms with Crippen molar-refractivity contribution in [3.05, 3.63) is 58.6 Å². The van der Waals surface area contributed by atoms with E-state index in [1.807, 2.05) is 35.8 Å². The number of anilines is 1. The summed E-state index contributed by atoms with van der Waals surface area (Å²) in [5, 5.41) is 23.1. The quantitative estimate of drug-likeness (QED) is 0.158. The van der Waals surface area contributed by atoms with Gasteiger partial charge in [0.2, 0.25) is 5.16 Å². The summed E-state index contributed by atoms with van der Waals surface area (Å²) in [6.45, 7) is 4.44. The molecule has 0 spiro atoms. The molecule has 4 aromatic rings. The van der Waals surface area contributed by atoms with Crippen LogP contribution in [0.3, 0.4) is 0 Å². The van der Waals surface area contributed by atoms with Crippen molar-refractivity contribution < 1.29 is 19.2 Å². The van der Waals surface area contributed by atoms with Gasteiger partial charge < -0.3 is 14.6 Å². The number of benzene rings is 2. The van der Waals surface area contributed by atoms with Crippen LogP contribution in [0.15, 0.2) is 53.7 Å². The lowest BCUT2D eigenvalue weighted by atomic mass is 10.2. The number of thioether (sulfide) groups is 1. The Bertz CT molecular complexity index is 1410. The topological polar surface area (TPSA) is 142 Å². The fraction of sp³-hybridized carbons (Fsp3) is 0.261. The third-order valence-corrected chi connectivity index (χ3v) is 6.08. The second-order valence-electron chi connectivity index (χ2n) is 7.50. The number of fused-ring (bicyclic) bond motifs is 3.